The zero-order chi connectivity index (χ0) is 42.1. The first-order chi connectivity index (χ1) is 26.3. The number of ether oxygens (including phenoxy) is 8. The van der Waals surface area contributed by atoms with E-state index in [2.05, 4.69) is 0 Å². The van der Waals surface area contributed by atoms with E-state index in [0.29, 0.717) is 11.1 Å². The van der Waals surface area contributed by atoms with E-state index < -0.39 is 52.4 Å². The summed E-state index contributed by atoms with van der Waals surface area (Å²) in [5.74, 6) is -0.486. The van der Waals surface area contributed by atoms with Crippen molar-refractivity contribution in [3.63, 3.8) is 0 Å². The van der Waals surface area contributed by atoms with Gasteiger partial charge in [0.25, 0.3) is 0 Å². The highest BCUT2D eigenvalue weighted by Gasteiger charge is 2.47. The number of carbonyl (C=O) groups is 4. The van der Waals surface area contributed by atoms with Crippen molar-refractivity contribution in [3.05, 3.63) is 107 Å². The lowest BCUT2D eigenvalue weighted by Gasteiger charge is -2.34. The van der Waals surface area contributed by atoms with Gasteiger partial charge in [0, 0.05) is 0 Å². The summed E-state index contributed by atoms with van der Waals surface area (Å²) in [6, 6.07) is 25.2. The molecule has 12 nitrogen and oxygen atoms in total. The summed E-state index contributed by atoms with van der Waals surface area (Å²) >= 11 is 0. The van der Waals surface area contributed by atoms with E-state index in [-0.39, 0.29) is 23.0 Å². The molecule has 12 heteroatoms. The maximum absolute atomic E-state index is 13.2. The van der Waals surface area contributed by atoms with Crippen LogP contribution < -0.4 is 18.9 Å². The van der Waals surface area contributed by atoms with Gasteiger partial charge in [0.1, 0.15) is 22.4 Å². The van der Waals surface area contributed by atoms with Crippen LogP contribution in [0.3, 0.4) is 0 Å². The molecular formula is C45H50O12. The first kappa shape index (κ1) is 42.1. The number of fused-ring (bicyclic) bond motifs is 3. The Morgan fingerprint density at radius 2 is 0.667 bits per heavy atom. The Kier molecular flexibility index (Phi) is 11.4. The first-order valence-electron chi connectivity index (χ1n) is 18.5. The molecule has 0 fully saturated rings. The van der Waals surface area contributed by atoms with Gasteiger partial charge in [-0.1, -0.05) is 60.7 Å². The van der Waals surface area contributed by atoms with Crippen molar-refractivity contribution in [2.75, 3.05) is 0 Å². The maximum Gasteiger partial charge on any atom is 0.514 e. The molecule has 0 saturated carbocycles. The molecule has 0 radical (unpaired) electrons. The van der Waals surface area contributed by atoms with E-state index in [1.165, 1.54) is 12.1 Å². The van der Waals surface area contributed by atoms with E-state index in [9.17, 15) is 19.2 Å². The van der Waals surface area contributed by atoms with Gasteiger partial charge in [-0.25, -0.2) is 19.2 Å². The lowest BCUT2D eigenvalue weighted by molar-refractivity contribution is 0.0137. The third kappa shape index (κ3) is 10.2. The lowest BCUT2D eigenvalue weighted by Crippen LogP contribution is -2.30. The minimum atomic E-state index is -1.21. The standard InChI is InChI=1S/C45H50O12/c1-41(2,3)54-37(46)50-33-23-21-27(25-35(33)52-39(48)56-43(7,8)9)45(31-19-15-13-17-29(31)30-18-14-16-20-32(30)45)28-22-24-34(51-38(47)55-42(4,5)6)36(26-28)53-40(49)57-44(10,11)12/h13-26H,1-12H3. The molecule has 1 aliphatic carbocycles. The summed E-state index contributed by atoms with van der Waals surface area (Å²) in [4.78, 5) is 52.3. The third-order valence-electron chi connectivity index (χ3n) is 8.04. The SMILES string of the molecule is CC(C)(C)OC(=O)Oc1ccc(C2(c3ccc(OC(=O)OC(C)(C)C)c(OC(=O)OC(C)(C)C)c3)c3ccccc3-c3ccccc32)cc1OC(=O)OC(C)(C)C. The number of benzene rings is 4. The number of hydrogen-bond acceptors (Lipinski definition) is 12. The topological polar surface area (TPSA) is 142 Å². The second kappa shape index (κ2) is 15.5. The molecule has 0 N–H and O–H groups in total. The van der Waals surface area contributed by atoms with Crippen molar-refractivity contribution in [2.45, 2.75) is 111 Å². The van der Waals surface area contributed by atoms with Crippen LogP contribution in [0, 0.1) is 0 Å². The average Bonchev–Trinajstić information content (AvgIpc) is 3.34. The highest BCUT2D eigenvalue weighted by Crippen LogP contribution is 2.57. The second-order valence-corrected chi connectivity index (χ2v) is 17.4. The first-order valence-corrected chi connectivity index (χ1v) is 18.5. The molecule has 0 spiro atoms. The molecule has 0 saturated heterocycles. The van der Waals surface area contributed by atoms with Crippen molar-refractivity contribution < 1.29 is 57.1 Å². The summed E-state index contributed by atoms with van der Waals surface area (Å²) in [7, 11) is 0. The Morgan fingerprint density at radius 3 is 0.965 bits per heavy atom. The minimum absolute atomic E-state index is 0.108. The van der Waals surface area contributed by atoms with Gasteiger partial charge in [0.15, 0.2) is 23.0 Å². The van der Waals surface area contributed by atoms with Gasteiger partial charge in [0.05, 0.1) is 5.41 Å². The Hall–Kier alpha value is -6.04. The highest BCUT2D eigenvalue weighted by molar-refractivity contribution is 5.87. The fourth-order valence-electron chi connectivity index (χ4n) is 6.28. The van der Waals surface area contributed by atoms with Crippen LogP contribution in [0.4, 0.5) is 19.2 Å². The molecule has 302 valence electrons. The molecule has 0 atom stereocenters. The Labute approximate surface area is 333 Å². The molecule has 0 bridgehead atoms. The molecule has 0 aromatic heterocycles. The second-order valence-electron chi connectivity index (χ2n) is 17.4. The molecule has 0 unspecified atom stereocenters. The van der Waals surface area contributed by atoms with Crippen molar-refractivity contribution in [3.8, 4) is 34.1 Å². The molecule has 4 aromatic carbocycles. The molecule has 0 amide bonds. The lowest BCUT2D eigenvalue weighted by atomic mass is 9.67. The Bertz CT molecular complexity index is 2020. The van der Waals surface area contributed by atoms with Gasteiger partial charge >= 0.3 is 24.6 Å². The van der Waals surface area contributed by atoms with E-state index in [1.54, 1.807) is 107 Å². The van der Waals surface area contributed by atoms with E-state index in [4.69, 9.17) is 37.9 Å². The summed E-state index contributed by atoms with van der Waals surface area (Å²) < 4.78 is 44.6. The predicted octanol–water partition coefficient (Wildman–Crippen LogP) is 11.3. The van der Waals surface area contributed by atoms with Gasteiger partial charge in [0.2, 0.25) is 0 Å². The van der Waals surface area contributed by atoms with Gasteiger partial charge in [-0.15, -0.1) is 0 Å². The summed E-state index contributed by atoms with van der Waals surface area (Å²) in [6.07, 6.45) is -4.10. The smallest absolute Gasteiger partial charge is 0.428 e. The molecule has 0 heterocycles. The Morgan fingerprint density at radius 1 is 0.386 bits per heavy atom. The highest BCUT2D eigenvalue weighted by atomic mass is 16.8. The number of carbonyl (C=O) groups excluding carboxylic acids is 4. The van der Waals surface area contributed by atoms with Crippen LogP contribution >= 0.6 is 0 Å². The third-order valence-corrected chi connectivity index (χ3v) is 8.04. The van der Waals surface area contributed by atoms with E-state index in [0.717, 1.165) is 22.3 Å². The van der Waals surface area contributed by atoms with E-state index in [1.807, 2.05) is 48.5 Å². The molecular weight excluding hydrogens is 732 g/mol. The molecule has 5 rings (SSSR count). The molecule has 1 aliphatic rings. The zero-order valence-corrected chi connectivity index (χ0v) is 34.5. The van der Waals surface area contributed by atoms with Crippen LogP contribution in [0.2, 0.25) is 0 Å². The fraction of sp³-hybridized carbons (Fsp3) is 0.378. The molecule has 57 heavy (non-hydrogen) atoms. The zero-order valence-electron chi connectivity index (χ0n) is 34.5. The monoisotopic (exact) mass is 782 g/mol. The van der Waals surface area contributed by atoms with Gasteiger partial charge in [-0.2, -0.15) is 0 Å². The quantitative estimate of drug-likeness (QED) is 0.0918. The fourth-order valence-corrected chi connectivity index (χ4v) is 6.28. The number of hydrogen-bond donors (Lipinski definition) is 0. The largest absolute Gasteiger partial charge is 0.514 e. The van der Waals surface area contributed by atoms with Crippen LogP contribution in [0.1, 0.15) is 105 Å². The maximum atomic E-state index is 13.2. The predicted molar refractivity (Wildman–Crippen MR) is 211 cm³/mol. The minimum Gasteiger partial charge on any atom is -0.428 e. The van der Waals surface area contributed by atoms with Crippen LogP contribution in [0.15, 0.2) is 84.9 Å². The van der Waals surface area contributed by atoms with Crippen molar-refractivity contribution >= 4 is 24.6 Å². The van der Waals surface area contributed by atoms with Crippen molar-refractivity contribution in [1.82, 2.24) is 0 Å². The summed E-state index contributed by atoms with van der Waals surface area (Å²) in [5.41, 5.74) is -0.206. The van der Waals surface area contributed by atoms with Crippen LogP contribution in [0.5, 0.6) is 23.0 Å². The average molecular weight is 783 g/mol. The van der Waals surface area contributed by atoms with Crippen molar-refractivity contribution in [1.29, 1.82) is 0 Å². The van der Waals surface area contributed by atoms with Gasteiger partial charge in [-0.3, -0.25) is 0 Å². The number of rotatable bonds is 6. The van der Waals surface area contributed by atoms with Gasteiger partial charge < -0.3 is 37.9 Å². The molecule has 0 aliphatic heterocycles. The summed E-state index contributed by atoms with van der Waals surface area (Å²) in [5, 5.41) is 0. The molecule has 4 aromatic rings. The summed E-state index contributed by atoms with van der Waals surface area (Å²) in [6.45, 7) is 20.3. The van der Waals surface area contributed by atoms with Crippen molar-refractivity contribution in [2.24, 2.45) is 0 Å². The Balaban J connectivity index is 1.78. The van der Waals surface area contributed by atoms with Gasteiger partial charge in [-0.05, 0) is 141 Å². The van der Waals surface area contributed by atoms with Crippen LogP contribution in [0.25, 0.3) is 11.1 Å². The van der Waals surface area contributed by atoms with E-state index >= 15 is 0 Å². The van der Waals surface area contributed by atoms with Crippen LogP contribution in [-0.4, -0.2) is 47.0 Å². The normalized spacial score (nSPS) is 13.3. The van der Waals surface area contributed by atoms with Crippen LogP contribution in [-0.2, 0) is 24.4 Å².